The van der Waals surface area contributed by atoms with Gasteiger partial charge in [0.25, 0.3) is 0 Å². The Bertz CT molecular complexity index is 637. The number of carbonyl (C=O) groups excluding carboxylic acids is 2. The Morgan fingerprint density at radius 2 is 2.16 bits per heavy atom. The van der Waals surface area contributed by atoms with E-state index in [0.29, 0.717) is 18.0 Å². The topological polar surface area (TPSA) is 73.9 Å². The van der Waals surface area contributed by atoms with Crippen LogP contribution in [-0.2, 0) is 4.79 Å². The van der Waals surface area contributed by atoms with E-state index in [9.17, 15) is 9.59 Å². The number of methoxy groups -OCH3 is 1. The average Bonchev–Trinajstić information content (AvgIpc) is 3.07. The summed E-state index contributed by atoms with van der Waals surface area (Å²) in [6.45, 7) is 4.97. The van der Waals surface area contributed by atoms with Crippen molar-refractivity contribution in [2.24, 2.45) is 0 Å². The van der Waals surface area contributed by atoms with Gasteiger partial charge in [-0.2, -0.15) is 0 Å². The minimum atomic E-state index is -0.265. The highest BCUT2D eigenvalue weighted by molar-refractivity contribution is 5.95. The first-order chi connectivity index (χ1) is 12.1. The number of carbonyl (C=O) groups is 2. The van der Waals surface area contributed by atoms with E-state index in [1.807, 2.05) is 36.1 Å². The second-order valence-corrected chi connectivity index (χ2v) is 6.58. The van der Waals surface area contributed by atoms with E-state index >= 15 is 0 Å². The maximum absolute atomic E-state index is 12.7. The van der Waals surface area contributed by atoms with Crippen molar-refractivity contribution in [1.29, 1.82) is 0 Å². The van der Waals surface area contributed by atoms with Crippen LogP contribution >= 0.6 is 0 Å². The quantitative estimate of drug-likeness (QED) is 0.848. The number of urea groups is 1. The molecule has 0 saturated carbocycles. The van der Waals surface area contributed by atoms with E-state index in [4.69, 9.17) is 4.74 Å². The van der Waals surface area contributed by atoms with Crippen LogP contribution in [-0.4, -0.2) is 67.1 Å². The summed E-state index contributed by atoms with van der Waals surface area (Å²) in [6, 6.07) is 7.31. The normalized spacial score (nSPS) is 22.4. The SMILES string of the molecule is COc1ccccc1NC(=O)C(C)N1CCCC(N2CCNC2=O)C1. The molecule has 3 amide bonds. The number of likely N-dealkylation sites (tertiary alicyclic amines) is 1. The van der Waals surface area contributed by atoms with Crippen molar-refractivity contribution in [3.8, 4) is 5.75 Å². The van der Waals surface area contributed by atoms with Gasteiger partial charge in [-0.15, -0.1) is 0 Å². The average molecular weight is 346 g/mol. The minimum absolute atomic E-state index is 0.0120. The van der Waals surface area contributed by atoms with E-state index in [2.05, 4.69) is 15.5 Å². The molecule has 2 heterocycles. The predicted octanol–water partition coefficient (Wildman–Crippen LogP) is 1.51. The molecule has 0 spiro atoms. The summed E-state index contributed by atoms with van der Waals surface area (Å²) in [5.74, 6) is 0.587. The van der Waals surface area contributed by atoms with Gasteiger partial charge < -0.3 is 20.3 Å². The zero-order chi connectivity index (χ0) is 17.8. The number of amides is 3. The number of piperidine rings is 1. The molecule has 2 atom stereocenters. The molecular formula is C18H26N4O3. The third-order valence-corrected chi connectivity index (χ3v) is 5.05. The Labute approximate surface area is 148 Å². The number of ether oxygens (including phenoxy) is 1. The molecule has 0 radical (unpaired) electrons. The van der Waals surface area contributed by atoms with Crippen LogP contribution in [0.25, 0.3) is 0 Å². The van der Waals surface area contributed by atoms with Gasteiger partial charge in [0.2, 0.25) is 5.91 Å². The van der Waals surface area contributed by atoms with Gasteiger partial charge in [0.15, 0.2) is 0 Å². The molecule has 1 aromatic carbocycles. The second kappa shape index (κ2) is 7.74. The van der Waals surface area contributed by atoms with Crippen LogP contribution < -0.4 is 15.4 Å². The fourth-order valence-corrected chi connectivity index (χ4v) is 3.58. The molecule has 2 aliphatic heterocycles. The number of anilines is 1. The van der Waals surface area contributed by atoms with Crippen LogP contribution in [0.4, 0.5) is 10.5 Å². The van der Waals surface area contributed by atoms with Crippen LogP contribution in [0.2, 0.25) is 0 Å². The number of hydrogen-bond acceptors (Lipinski definition) is 4. The van der Waals surface area contributed by atoms with Crippen molar-refractivity contribution in [3.05, 3.63) is 24.3 Å². The lowest BCUT2D eigenvalue weighted by Gasteiger charge is -2.39. The minimum Gasteiger partial charge on any atom is -0.495 e. The molecule has 136 valence electrons. The first-order valence-corrected chi connectivity index (χ1v) is 8.82. The predicted molar refractivity (Wildman–Crippen MR) is 95.8 cm³/mol. The Balaban J connectivity index is 1.62. The van der Waals surface area contributed by atoms with E-state index in [1.54, 1.807) is 7.11 Å². The second-order valence-electron chi connectivity index (χ2n) is 6.58. The van der Waals surface area contributed by atoms with Crippen LogP contribution in [0.15, 0.2) is 24.3 Å². The standard InChI is InChI=1S/C18H26N4O3/c1-13(17(23)20-15-7-3-4-8-16(15)25-2)21-10-5-6-14(12-21)22-11-9-19-18(22)24/h3-4,7-8,13-14H,5-6,9-12H2,1-2H3,(H,19,24)(H,20,23). The fraction of sp³-hybridized carbons (Fsp3) is 0.556. The molecule has 2 saturated heterocycles. The van der Waals surface area contributed by atoms with Gasteiger partial charge in [0.1, 0.15) is 5.75 Å². The highest BCUT2D eigenvalue weighted by atomic mass is 16.5. The zero-order valence-corrected chi connectivity index (χ0v) is 14.8. The molecule has 0 aromatic heterocycles. The molecule has 25 heavy (non-hydrogen) atoms. The van der Waals surface area contributed by atoms with Crippen LogP contribution in [0.3, 0.4) is 0 Å². The molecule has 3 rings (SSSR count). The van der Waals surface area contributed by atoms with Gasteiger partial charge in [0.05, 0.1) is 18.8 Å². The summed E-state index contributed by atoms with van der Waals surface area (Å²) in [6.07, 6.45) is 1.98. The van der Waals surface area contributed by atoms with Crippen molar-refractivity contribution < 1.29 is 14.3 Å². The Hall–Kier alpha value is -2.28. The molecule has 2 unspecified atom stereocenters. The first kappa shape index (κ1) is 17.5. The lowest BCUT2D eigenvalue weighted by atomic mass is 10.0. The molecule has 1 aromatic rings. The molecule has 2 fully saturated rings. The molecule has 2 aliphatic rings. The van der Waals surface area contributed by atoms with Crippen molar-refractivity contribution in [2.45, 2.75) is 31.8 Å². The van der Waals surface area contributed by atoms with Crippen LogP contribution in [0, 0.1) is 0 Å². The van der Waals surface area contributed by atoms with Gasteiger partial charge >= 0.3 is 6.03 Å². The number of benzene rings is 1. The fourth-order valence-electron chi connectivity index (χ4n) is 3.58. The molecule has 2 N–H and O–H groups in total. The molecule has 0 bridgehead atoms. The summed E-state index contributed by atoms with van der Waals surface area (Å²) in [7, 11) is 1.59. The number of hydrogen-bond donors (Lipinski definition) is 2. The number of nitrogens with one attached hydrogen (secondary N) is 2. The molecule has 7 heteroatoms. The third kappa shape index (κ3) is 3.87. The highest BCUT2D eigenvalue weighted by Gasteiger charge is 2.34. The largest absolute Gasteiger partial charge is 0.495 e. The highest BCUT2D eigenvalue weighted by Crippen LogP contribution is 2.24. The smallest absolute Gasteiger partial charge is 0.317 e. The van der Waals surface area contributed by atoms with E-state index in [-0.39, 0.29) is 24.0 Å². The molecule has 0 aliphatic carbocycles. The van der Waals surface area contributed by atoms with Crippen molar-refractivity contribution in [2.75, 3.05) is 38.6 Å². The Kier molecular flexibility index (Phi) is 5.43. The van der Waals surface area contributed by atoms with Crippen molar-refractivity contribution in [3.63, 3.8) is 0 Å². The number of rotatable bonds is 5. The monoisotopic (exact) mass is 346 g/mol. The van der Waals surface area contributed by atoms with E-state index in [1.165, 1.54) is 0 Å². The third-order valence-electron chi connectivity index (χ3n) is 5.05. The van der Waals surface area contributed by atoms with E-state index in [0.717, 1.165) is 32.5 Å². The van der Waals surface area contributed by atoms with Crippen molar-refractivity contribution in [1.82, 2.24) is 15.1 Å². The maximum atomic E-state index is 12.7. The lowest BCUT2D eigenvalue weighted by molar-refractivity contribution is -0.121. The van der Waals surface area contributed by atoms with Crippen LogP contribution in [0.1, 0.15) is 19.8 Å². The lowest BCUT2D eigenvalue weighted by Crippen LogP contribution is -2.53. The van der Waals surface area contributed by atoms with Crippen molar-refractivity contribution >= 4 is 17.6 Å². The summed E-state index contributed by atoms with van der Waals surface area (Å²) in [5.41, 5.74) is 0.675. The van der Waals surface area contributed by atoms with Gasteiger partial charge in [-0.1, -0.05) is 12.1 Å². The summed E-state index contributed by atoms with van der Waals surface area (Å²) < 4.78 is 5.29. The summed E-state index contributed by atoms with van der Waals surface area (Å²) in [5, 5.41) is 5.81. The molecular weight excluding hydrogens is 320 g/mol. The van der Waals surface area contributed by atoms with Gasteiger partial charge in [-0.3, -0.25) is 9.69 Å². The summed E-state index contributed by atoms with van der Waals surface area (Å²) >= 11 is 0. The van der Waals surface area contributed by atoms with Gasteiger partial charge in [-0.05, 0) is 38.4 Å². The molecule has 7 nitrogen and oxygen atoms in total. The van der Waals surface area contributed by atoms with E-state index < -0.39 is 0 Å². The number of nitrogens with zero attached hydrogens (tertiary/aromatic N) is 2. The summed E-state index contributed by atoms with van der Waals surface area (Å²) in [4.78, 5) is 28.6. The Morgan fingerprint density at radius 3 is 2.88 bits per heavy atom. The maximum Gasteiger partial charge on any atom is 0.317 e. The van der Waals surface area contributed by atoms with Crippen LogP contribution in [0.5, 0.6) is 5.75 Å². The first-order valence-electron chi connectivity index (χ1n) is 8.82. The van der Waals surface area contributed by atoms with Gasteiger partial charge in [0, 0.05) is 25.7 Å². The number of para-hydroxylation sites is 2. The Morgan fingerprint density at radius 1 is 1.36 bits per heavy atom. The van der Waals surface area contributed by atoms with Gasteiger partial charge in [-0.25, -0.2) is 4.79 Å². The zero-order valence-electron chi connectivity index (χ0n) is 14.8.